The summed E-state index contributed by atoms with van der Waals surface area (Å²) in [7, 11) is 0. The maximum atomic E-state index is 12.2. The molecule has 0 aromatic carbocycles. The van der Waals surface area contributed by atoms with Crippen LogP contribution >= 0.6 is 0 Å². The van der Waals surface area contributed by atoms with Gasteiger partial charge in [-0.1, -0.05) is 25.1 Å². The molecule has 0 spiro atoms. The Morgan fingerprint density at radius 3 is 2.66 bits per heavy atom. The maximum Gasteiger partial charge on any atom is 0.324 e. The first-order chi connectivity index (χ1) is 16.9. The summed E-state index contributed by atoms with van der Waals surface area (Å²) in [6, 6.07) is 4.60. The Kier molecular flexibility index (Phi) is 8.38. The topological polar surface area (TPSA) is 114 Å². The number of aliphatic hydroxyl groups is 1. The Hall–Kier alpha value is -2.94. The molecule has 9 heteroatoms. The highest BCUT2D eigenvalue weighted by Gasteiger charge is 2.25. The number of piperidine rings is 1. The molecule has 2 aliphatic rings. The van der Waals surface area contributed by atoms with E-state index in [0.29, 0.717) is 31.5 Å². The van der Waals surface area contributed by atoms with Gasteiger partial charge in [-0.15, -0.1) is 0 Å². The first-order valence-electron chi connectivity index (χ1n) is 12.7. The normalized spacial score (nSPS) is 20.0. The van der Waals surface area contributed by atoms with Crippen LogP contribution in [0.3, 0.4) is 0 Å². The summed E-state index contributed by atoms with van der Waals surface area (Å²) in [5.41, 5.74) is 2.11. The highest BCUT2D eigenvalue weighted by molar-refractivity contribution is 5.80. The second-order valence-electron chi connectivity index (χ2n) is 10.0. The molecule has 190 valence electrons. The third-order valence-electron chi connectivity index (χ3n) is 6.74. The van der Waals surface area contributed by atoms with Gasteiger partial charge in [0.1, 0.15) is 5.75 Å². The van der Waals surface area contributed by atoms with Gasteiger partial charge >= 0.3 is 6.01 Å². The van der Waals surface area contributed by atoms with Gasteiger partial charge in [-0.2, -0.15) is 4.98 Å². The third kappa shape index (κ3) is 6.81. The number of hydrogen-bond donors (Lipinski definition) is 2. The van der Waals surface area contributed by atoms with Crippen molar-refractivity contribution in [3.05, 3.63) is 35.9 Å². The van der Waals surface area contributed by atoms with Crippen molar-refractivity contribution < 1.29 is 19.2 Å². The monoisotopic (exact) mass is 483 g/mol. The van der Waals surface area contributed by atoms with E-state index in [1.807, 2.05) is 12.1 Å². The molecule has 0 saturated carbocycles. The molecule has 9 nitrogen and oxygen atoms in total. The van der Waals surface area contributed by atoms with Crippen molar-refractivity contribution in [3.63, 3.8) is 0 Å². The molecular weight excluding hydrogens is 446 g/mol. The number of allylic oxidation sites excluding steroid dienone is 2. The van der Waals surface area contributed by atoms with Gasteiger partial charge in [0.05, 0.1) is 24.6 Å². The van der Waals surface area contributed by atoms with Crippen molar-refractivity contribution in [1.82, 2.24) is 20.4 Å². The smallest absolute Gasteiger partial charge is 0.324 e. The van der Waals surface area contributed by atoms with Gasteiger partial charge < -0.3 is 24.6 Å². The standard InChI is InChI=1S/C26H37N5O4/c1-17(2)24-29-26(35-30-24)31-12-10-19(11-13-31)16-34-22-8-9-23(27-15-22)20-4-6-21(7-5-20)25(33)28-14-18(3)32/h4,8-9,15,17-19,21,32H,5-7,10-14,16H2,1-3H3,(H,28,33)/t18-,21?/m0/s1. The Labute approximate surface area is 207 Å². The number of anilines is 1. The molecule has 1 aliphatic carbocycles. The molecule has 1 aliphatic heterocycles. The van der Waals surface area contributed by atoms with Crippen molar-refractivity contribution in [3.8, 4) is 5.75 Å². The Morgan fingerprint density at radius 2 is 2.06 bits per heavy atom. The summed E-state index contributed by atoms with van der Waals surface area (Å²) in [4.78, 5) is 23.5. The Morgan fingerprint density at radius 1 is 1.26 bits per heavy atom. The predicted molar refractivity (Wildman–Crippen MR) is 133 cm³/mol. The summed E-state index contributed by atoms with van der Waals surface area (Å²) >= 11 is 0. The van der Waals surface area contributed by atoms with E-state index in [1.54, 1.807) is 13.1 Å². The molecule has 2 aromatic heterocycles. The molecular formula is C26H37N5O4. The molecule has 1 amide bonds. The molecule has 2 N–H and O–H groups in total. The van der Waals surface area contributed by atoms with Gasteiger partial charge in [-0.3, -0.25) is 9.78 Å². The lowest BCUT2D eigenvalue weighted by Crippen LogP contribution is -2.35. The van der Waals surface area contributed by atoms with Gasteiger partial charge in [0.15, 0.2) is 5.82 Å². The fourth-order valence-electron chi connectivity index (χ4n) is 4.45. The van der Waals surface area contributed by atoms with Gasteiger partial charge in [-0.05, 0) is 62.7 Å². The average molecular weight is 484 g/mol. The van der Waals surface area contributed by atoms with Crippen LogP contribution in [0.15, 0.2) is 28.9 Å². The van der Waals surface area contributed by atoms with Crippen LogP contribution in [0.1, 0.15) is 70.3 Å². The summed E-state index contributed by atoms with van der Waals surface area (Å²) in [6.07, 6.45) is 7.71. The molecule has 1 unspecified atom stereocenters. The Bertz CT molecular complexity index is 993. The van der Waals surface area contributed by atoms with Crippen molar-refractivity contribution in [2.24, 2.45) is 11.8 Å². The largest absolute Gasteiger partial charge is 0.492 e. The number of nitrogens with zero attached hydrogens (tertiary/aromatic N) is 4. The van der Waals surface area contributed by atoms with Crippen molar-refractivity contribution in [1.29, 1.82) is 0 Å². The quantitative estimate of drug-likeness (QED) is 0.557. The molecule has 0 bridgehead atoms. The summed E-state index contributed by atoms with van der Waals surface area (Å²) in [6.45, 7) is 8.52. The molecule has 1 saturated heterocycles. The first kappa shape index (κ1) is 25.2. The van der Waals surface area contributed by atoms with Gasteiger partial charge in [0.2, 0.25) is 5.91 Å². The summed E-state index contributed by atoms with van der Waals surface area (Å²) < 4.78 is 11.5. The second kappa shape index (κ2) is 11.7. The van der Waals surface area contributed by atoms with Crippen molar-refractivity contribution in [2.45, 2.75) is 64.9 Å². The van der Waals surface area contributed by atoms with Crippen LogP contribution in [0.2, 0.25) is 0 Å². The number of carbonyl (C=O) groups is 1. The van der Waals surface area contributed by atoms with Gasteiger partial charge in [-0.25, -0.2) is 0 Å². The molecule has 4 rings (SSSR count). The number of pyridine rings is 1. The van der Waals surface area contributed by atoms with Crippen LogP contribution in [0.25, 0.3) is 5.57 Å². The molecule has 2 atom stereocenters. The lowest BCUT2D eigenvalue weighted by atomic mass is 9.87. The fourth-order valence-corrected chi connectivity index (χ4v) is 4.45. The summed E-state index contributed by atoms with van der Waals surface area (Å²) in [5, 5.41) is 16.2. The van der Waals surface area contributed by atoms with Crippen LogP contribution in [0.5, 0.6) is 5.75 Å². The van der Waals surface area contributed by atoms with Crippen molar-refractivity contribution >= 4 is 17.5 Å². The van der Waals surface area contributed by atoms with Crippen LogP contribution in [-0.4, -0.2) is 58.5 Å². The van der Waals surface area contributed by atoms with Crippen LogP contribution in [-0.2, 0) is 4.79 Å². The number of hydrogen-bond acceptors (Lipinski definition) is 8. The third-order valence-corrected chi connectivity index (χ3v) is 6.74. The SMILES string of the molecule is CC(C)c1noc(N2CCC(COc3ccc(C4=CCC(C(=O)NC[C@H](C)O)CC4)nc3)CC2)n1. The highest BCUT2D eigenvalue weighted by Crippen LogP contribution is 2.30. The zero-order chi connectivity index (χ0) is 24.8. The van der Waals surface area contributed by atoms with Gasteiger partial charge in [0, 0.05) is 31.5 Å². The van der Waals surface area contributed by atoms with E-state index >= 15 is 0 Å². The number of aliphatic hydroxyl groups excluding tert-OH is 1. The van der Waals surface area contributed by atoms with E-state index in [9.17, 15) is 9.90 Å². The first-order valence-corrected chi connectivity index (χ1v) is 12.7. The molecule has 3 heterocycles. The van der Waals surface area contributed by atoms with E-state index in [4.69, 9.17) is 9.26 Å². The lowest BCUT2D eigenvalue weighted by molar-refractivity contribution is -0.125. The van der Waals surface area contributed by atoms with Gasteiger partial charge in [0.25, 0.3) is 0 Å². The van der Waals surface area contributed by atoms with Crippen LogP contribution in [0.4, 0.5) is 6.01 Å². The zero-order valence-electron chi connectivity index (χ0n) is 20.9. The second-order valence-corrected chi connectivity index (χ2v) is 10.0. The highest BCUT2D eigenvalue weighted by atomic mass is 16.5. The van der Waals surface area contributed by atoms with E-state index < -0.39 is 6.10 Å². The maximum absolute atomic E-state index is 12.2. The van der Waals surface area contributed by atoms with Crippen LogP contribution < -0.4 is 15.0 Å². The number of aromatic nitrogens is 3. The molecule has 35 heavy (non-hydrogen) atoms. The molecule has 2 aromatic rings. The minimum Gasteiger partial charge on any atom is -0.492 e. The fraction of sp³-hybridized carbons (Fsp3) is 0.615. The van der Waals surface area contributed by atoms with E-state index in [1.165, 1.54) is 5.57 Å². The zero-order valence-corrected chi connectivity index (χ0v) is 20.9. The number of amides is 1. The van der Waals surface area contributed by atoms with Crippen molar-refractivity contribution in [2.75, 3.05) is 31.1 Å². The number of carbonyl (C=O) groups excluding carboxylic acids is 1. The predicted octanol–water partition coefficient (Wildman–Crippen LogP) is 3.56. The number of ether oxygens (including phenoxy) is 1. The van der Waals surface area contributed by atoms with E-state index in [2.05, 4.69) is 45.3 Å². The number of nitrogens with one attached hydrogen (secondary N) is 1. The minimum atomic E-state index is -0.527. The summed E-state index contributed by atoms with van der Waals surface area (Å²) in [5.74, 6) is 2.25. The average Bonchev–Trinajstić information content (AvgIpc) is 3.38. The van der Waals surface area contributed by atoms with E-state index in [-0.39, 0.29) is 17.7 Å². The molecule has 1 fully saturated rings. The lowest BCUT2D eigenvalue weighted by Gasteiger charge is -2.30. The van der Waals surface area contributed by atoms with Crippen LogP contribution in [0, 0.1) is 11.8 Å². The Balaban J connectivity index is 1.20. The minimum absolute atomic E-state index is 0.0149. The van der Waals surface area contributed by atoms with E-state index in [0.717, 1.165) is 56.0 Å². The molecule has 0 radical (unpaired) electrons. The number of rotatable bonds is 9.